The van der Waals surface area contributed by atoms with Crippen molar-refractivity contribution in [3.63, 3.8) is 0 Å². The van der Waals surface area contributed by atoms with Gasteiger partial charge in [-0.15, -0.1) is 0 Å². The van der Waals surface area contributed by atoms with E-state index in [0.717, 1.165) is 87.3 Å². The maximum absolute atomic E-state index is 12.9. The molecule has 0 aliphatic carbocycles. The van der Waals surface area contributed by atoms with Gasteiger partial charge in [0, 0.05) is 19.0 Å². The Morgan fingerprint density at radius 2 is 1.40 bits per heavy atom. The van der Waals surface area contributed by atoms with Crippen LogP contribution in [0.2, 0.25) is 0 Å². The average Bonchev–Trinajstić information content (AvgIpc) is 3.98. The zero-order valence-electron chi connectivity index (χ0n) is 40.8. The van der Waals surface area contributed by atoms with Gasteiger partial charge in [0.15, 0.2) is 12.3 Å². The fraction of sp³-hybridized carbons (Fsp3) is 0.830. The number of nitrogens with zero attached hydrogens (tertiary/aromatic N) is 2. The van der Waals surface area contributed by atoms with Crippen LogP contribution in [0.25, 0.3) is 0 Å². The summed E-state index contributed by atoms with van der Waals surface area (Å²) in [6.07, 6.45) is 23.2. The number of ether oxygens (including phenoxy) is 4. The molecule has 0 aromatic carbocycles. The number of allylic oxidation sites excluding steroid dienone is 1. The smallest absolute Gasteiger partial charge is 0.462 e. The van der Waals surface area contributed by atoms with Gasteiger partial charge in [-0.3, -0.25) is 23.2 Å². The topological polar surface area (TPSA) is 278 Å². The van der Waals surface area contributed by atoms with E-state index in [0.29, 0.717) is 25.0 Å². The molecule has 3 heterocycles. The quantitative estimate of drug-likeness (QED) is 0.0135. The summed E-state index contributed by atoms with van der Waals surface area (Å²) in [6, 6.07) is 1.25. The molecular weight excluding hydrogens is 924 g/mol. The number of hydrogen-bond donors (Lipinski definition) is 5. The van der Waals surface area contributed by atoms with Crippen molar-refractivity contribution < 1.29 is 71.0 Å². The maximum atomic E-state index is 12.9. The molecule has 19 nitrogen and oxygen atoms in total. The largest absolute Gasteiger partial charge is 0.481 e. The molecule has 6 N–H and O–H groups in total. The number of aromatic nitrogens is 2. The molecule has 0 bridgehead atoms. The third kappa shape index (κ3) is 25.5. The normalized spacial score (nSPS) is 23.0. The van der Waals surface area contributed by atoms with Crippen molar-refractivity contribution in [1.82, 2.24) is 9.55 Å². The Balaban J connectivity index is 1.40. The molecule has 68 heavy (non-hydrogen) atoms. The van der Waals surface area contributed by atoms with Crippen LogP contribution >= 0.6 is 15.6 Å². The first kappa shape index (κ1) is 59.8. The molecule has 2 aliphatic heterocycles. The van der Waals surface area contributed by atoms with Crippen molar-refractivity contribution in [3.05, 3.63) is 34.9 Å². The Morgan fingerprint density at radius 1 is 0.779 bits per heavy atom. The Bertz CT molecular complexity index is 1770. The van der Waals surface area contributed by atoms with Gasteiger partial charge in [-0.1, -0.05) is 142 Å². The molecular formula is C47H83N3O16P2. The third-order valence-corrected chi connectivity index (χ3v) is 14.9. The highest BCUT2D eigenvalue weighted by Crippen LogP contribution is 2.60. The number of anilines is 1. The van der Waals surface area contributed by atoms with E-state index in [1.165, 1.54) is 70.3 Å². The molecule has 0 saturated carbocycles. The number of carbonyl (C=O) groups is 2. The monoisotopic (exact) mass is 1010 g/mol. The lowest BCUT2D eigenvalue weighted by molar-refractivity contribution is -0.161. The number of epoxide rings is 1. The average molecular weight is 1010 g/mol. The molecule has 2 aliphatic rings. The van der Waals surface area contributed by atoms with Crippen LogP contribution < -0.4 is 11.4 Å². The number of hydrogen-bond acceptors (Lipinski definition) is 16. The second-order valence-corrected chi connectivity index (χ2v) is 21.3. The van der Waals surface area contributed by atoms with Crippen LogP contribution in [0.4, 0.5) is 5.82 Å². The van der Waals surface area contributed by atoms with Crippen molar-refractivity contribution >= 4 is 33.4 Å². The standard InChI is InChI=1S/C47H83N3O16P2/c1-4-6-21-27-38-39(64-38)28-23-18-14-11-12-15-19-24-29-42(51)60-33-37(63-43(52)30-25-20-16-10-8-7-9-13-17-22-26-36(3)5-2)34-61-67(56,57)66-68(58,59)62-35-40-44(53)45(54)46(65-40)50-32-31-41(48)49-47(50)55/h18,23,31-32,36-40,44-46,53-54H,4-17,19-22,24-30,33-35H2,1-3H3,(H,56,57)(H,58,59)(H2,48,49,55)/b23-18-/t36?,37-,38?,39?,40-,44-,45-,46-/m1/s1. The summed E-state index contributed by atoms with van der Waals surface area (Å²) in [5, 5.41) is 20.9. The first-order chi connectivity index (χ1) is 32.5. The number of phosphoric acid groups is 2. The first-order valence-corrected chi connectivity index (χ1v) is 28.2. The van der Waals surface area contributed by atoms with Crippen LogP contribution in [0.5, 0.6) is 0 Å². The number of phosphoric ester groups is 2. The SMILES string of the molecule is CCCCCC1OC1C/C=C\CCCCCCCC(=O)OC[C@H](COP(=O)(O)OP(=O)(O)OC[C@H]1O[C@@H](n2ccc(N)nc2=O)[C@H](O)[C@@H]1O)OC(=O)CCCCCCCCCCCCC(C)CC. The number of nitrogens with two attached hydrogens (primary N) is 1. The molecule has 1 aromatic rings. The van der Waals surface area contributed by atoms with Crippen molar-refractivity contribution in [2.24, 2.45) is 5.92 Å². The number of aliphatic hydroxyl groups excluding tert-OH is 2. The van der Waals surface area contributed by atoms with Crippen LogP contribution in [-0.2, 0) is 51.0 Å². The van der Waals surface area contributed by atoms with E-state index in [4.69, 9.17) is 33.7 Å². The van der Waals surface area contributed by atoms with Crippen molar-refractivity contribution in [2.45, 2.75) is 224 Å². The molecule has 5 unspecified atom stereocenters. The van der Waals surface area contributed by atoms with Gasteiger partial charge in [-0.25, -0.2) is 13.9 Å². The molecule has 3 rings (SSSR count). The van der Waals surface area contributed by atoms with Crippen LogP contribution in [0, 0.1) is 5.92 Å². The summed E-state index contributed by atoms with van der Waals surface area (Å²) < 4.78 is 62.5. The van der Waals surface area contributed by atoms with E-state index < -0.39 is 83.7 Å². The minimum Gasteiger partial charge on any atom is -0.462 e. The van der Waals surface area contributed by atoms with E-state index >= 15 is 0 Å². The van der Waals surface area contributed by atoms with Gasteiger partial charge in [-0.05, 0) is 50.5 Å². The Kier molecular flexibility index (Phi) is 29.2. The highest BCUT2D eigenvalue weighted by molar-refractivity contribution is 7.61. The second kappa shape index (κ2) is 33.2. The Labute approximate surface area is 403 Å². The van der Waals surface area contributed by atoms with E-state index in [2.05, 4.69) is 42.2 Å². The van der Waals surface area contributed by atoms with E-state index in [1.54, 1.807) is 0 Å². The van der Waals surface area contributed by atoms with Gasteiger partial charge in [0.25, 0.3) is 0 Å². The maximum Gasteiger partial charge on any atom is 0.481 e. The predicted octanol–water partition coefficient (Wildman–Crippen LogP) is 8.90. The zero-order valence-corrected chi connectivity index (χ0v) is 42.6. The minimum atomic E-state index is -5.43. The fourth-order valence-corrected chi connectivity index (χ4v) is 9.99. The molecule has 392 valence electrons. The summed E-state index contributed by atoms with van der Waals surface area (Å²) in [7, 11) is -10.8. The summed E-state index contributed by atoms with van der Waals surface area (Å²) in [5.41, 5.74) is 4.59. The predicted molar refractivity (Wildman–Crippen MR) is 256 cm³/mol. The van der Waals surface area contributed by atoms with Gasteiger partial charge in [-0.2, -0.15) is 9.29 Å². The Hall–Kier alpha value is -2.54. The lowest BCUT2D eigenvalue weighted by Crippen LogP contribution is -2.36. The number of unbranched alkanes of at least 4 members (excludes halogenated alkanes) is 16. The van der Waals surface area contributed by atoms with E-state index in [9.17, 15) is 43.5 Å². The van der Waals surface area contributed by atoms with Crippen LogP contribution in [0.1, 0.15) is 188 Å². The molecule has 1 aromatic heterocycles. The van der Waals surface area contributed by atoms with E-state index in [-0.39, 0.29) is 18.7 Å². The molecule has 2 fully saturated rings. The lowest BCUT2D eigenvalue weighted by Gasteiger charge is -2.21. The second-order valence-electron chi connectivity index (χ2n) is 18.3. The zero-order chi connectivity index (χ0) is 49.8. The molecule has 21 heteroatoms. The van der Waals surface area contributed by atoms with Crippen molar-refractivity contribution in [2.75, 3.05) is 25.6 Å². The number of nitrogen functional groups attached to an aromatic ring is 1. The first-order valence-electron chi connectivity index (χ1n) is 25.2. The van der Waals surface area contributed by atoms with Crippen LogP contribution in [0.3, 0.4) is 0 Å². The highest BCUT2D eigenvalue weighted by atomic mass is 31.3. The number of rotatable bonds is 40. The number of aliphatic hydroxyl groups is 2. The summed E-state index contributed by atoms with van der Waals surface area (Å²) in [5.74, 6) is -0.514. The lowest BCUT2D eigenvalue weighted by atomic mass is 9.99. The minimum absolute atomic E-state index is 0.0477. The van der Waals surface area contributed by atoms with Gasteiger partial charge < -0.3 is 44.7 Å². The molecule has 0 amide bonds. The van der Waals surface area contributed by atoms with Crippen LogP contribution in [0.15, 0.2) is 29.2 Å². The summed E-state index contributed by atoms with van der Waals surface area (Å²) >= 11 is 0. The van der Waals surface area contributed by atoms with Crippen LogP contribution in [-0.4, -0.2) is 97.9 Å². The summed E-state index contributed by atoms with van der Waals surface area (Å²) in [6.45, 7) is 4.43. The number of esters is 2. The van der Waals surface area contributed by atoms with Crippen molar-refractivity contribution in [1.29, 1.82) is 0 Å². The van der Waals surface area contributed by atoms with Gasteiger partial charge >= 0.3 is 33.3 Å². The van der Waals surface area contributed by atoms with Gasteiger partial charge in [0.1, 0.15) is 30.7 Å². The summed E-state index contributed by atoms with van der Waals surface area (Å²) in [4.78, 5) is 61.9. The third-order valence-electron chi connectivity index (χ3n) is 12.3. The van der Waals surface area contributed by atoms with Gasteiger partial charge in [0.05, 0.1) is 25.4 Å². The molecule has 0 radical (unpaired) electrons. The van der Waals surface area contributed by atoms with Gasteiger partial charge in [0.2, 0.25) is 0 Å². The Morgan fingerprint density at radius 3 is 2.04 bits per heavy atom. The van der Waals surface area contributed by atoms with E-state index in [1.807, 2.05) is 0 Å². The molecule has 2 saturated heterocycles. The number of carbonyl (C=O) groups excluding carboxylic acids is 2. The molecule has 10 atom stereocenters. The molecule has 0 spiro atoms. The highest BCUT2D eigenvalue weighted by Gasteiger charge is 2.46. The fourth-order valence-electron chi connectivity index (χ4n) is 7.88. The van der Waals surface area contributed by atoms with Crippen molar-refractivity contribution in [3.8, 4) is 0 Å².